The Morgan fingerprint density at radius 1 is 0.364 bits per heavy atom. The quantitative estimate of drug-likeness (QED) is 0.131. The zero-order valence-electron chi connectivity index (χ0n) is 29.8. The standard InChI is InChI=1S/C50H34N4O/c51-49(35-21-9-3-10-22-35)55-50(52)36-29-31-38(32-30-36)54-42-28-16-14-26-40(42)46-43(33-17-5-1-6-18-33)47-45(44(48(46)54)34-19-7-2-8-20-34)39-25-13-15-27-41(39)53(47)37-23-11-4-12-24-37/h1-32,51-52H. The van der Waals surface area contributed by atoms with E-state index in [4.69, 9.17) is 15.6 Å². The first-order valence-corrected chi connectivity index (χ1v) is 18.4. The molecule has 0 saturated heterocycles. The smallest absolute Gasteiger partial charge is 0.221 e. The molecule has 0 aliphatic heterocycles. The molecule has 0 atom stereocenters. The number of para-hydroxylation sites is 3. The Balaban J connectivity index is 1.33. The van der Waals surface area contributed by atoms with Gasteiger partial charge in [0.2, 0.25) is 11.8 Å². The van der Waals surface area contributed by atoms with Crippen molar-refractivity contribution >= 4 is 55.4 Å². The lowest BCUT2D eigenvalue weighted by Gasteiger charge is -2.18. The monoisotopic (exact) mass is 706 g/mol. The summed E-state index contributed by atoms with van der Waals surface area (Å²) in [4.78, 5) is 0. The van der Waals surface area contributed by atoms with Gasteiger partial charge in [-0.3, -0.25) is 10.8 Å². The highest BCUT2D eigenvalue weighted by Crippen LogP contribution is 2.51. The first-order valence-electron chi connectivity index (χ1n) is 18.4. The van der Waals surface area contributed by atoms with E-state index in [2.05, 4.69) is 161 Å². The highest BCUT2D eigenvalue weighted by molar-refractivity contribution is 6.33. The number of benzene rings is 8. The molecule has 0 radical (unpaired) electrons. The van der Waals surface area contributed by atoms with E-state index in [0.717, 1.165) is 55.5 Å². The van der Waals surface area contributed by atoms with Gasteiger partial charge in [-0.05, 0) is 71.8 Å². The Labute approximate surface area is 317 Å². The summed E-state index contributed by atoms with van der Waals surface area (Å²) >= 11 is 0. The summed E-state index contributed by atoms with van der Waals surface area (Å²) in [5, 5.41) is 21.9. The summed E-state index contributed by atoms with van der Waals surface area (Å²) in [7, 11) is 0. The molecule has 0 spiro atoms. The third kappa shape index (κ3) is 5.24. The molecule has 2 heterocycles. The number of hydrogen-bond donors (Lipinski definition) is 2. The van der Waals surface area contributed by atoms with E-state index in [0.29, 0.717) is 11.1 Å². The van der Waals surface area contributed by atoms with Crippen molar-refractivity contribution in [1.82, 2.24) is 9.13 Å². The van der Waals surface area contributed by atoms with Gasteiger partial charge in [0.1, 0.15) is 0 Å². The fourth-order valence-electron chi connectivity index (χ4n) is 8.15. The molecule has 2 N–H and O–H groups in total. The van der Waals surface area contributed by atoms with Crippen LogP contribution in [0.1, 0.15) is 11.1 Å². The van der Waals surface area contributed by atoms with Crippen molar-refractivity contribution in [3.05, 3.63) is 205 Å². The van der Waals surface area contributed by atoms with Crippen LogP contribution in [0.5, 0.6) is 0 Å². The predicted molar refractivity (Wildman–Crippen MR) is 227 cm³/mol. The van der Waals surface area contributed by atoms with Crippen molar-refractivity contribution in [2.75, 3.05) is 0 Å². The second-order valence-corrected chi connectivity index (χ2v) is 13.6. The average molecular weight is 707 g/mol. The molecular weight excluding hydrogens is 673 g/mol. The number of ether oxygens (including phenoxy) is 1. The summed E-state index contributed by atoms with van der Waals surface area (Å²) in [5.74, 6) is -0.133. The molecule has 2 aromatic heterocycles. The van der Waals surface area contributed by atoms with E-state index < -0.39 is 0 Å². The van der Waals surface area contributed by atoms with E-state index in [-0.39, 0.29) is 11.8 Å². The molecule has 0 aliphatic rings. The second kappa shape index (κ2) is 13.2. The molecule has 0 fully saturated rings. The fraction of sp³-hybridized carbons (Fsp3) is 0. The molecule has 260 valence electrons. The number of fused-ring (bicyclic) bond motifs is 6. The van der Waals surface area contributed by atoms with Crippen molar-refractivity contribution in [3.63, 3.8) is 0 Å². The minimum atomic E-state index is -0.0746. The van der Waals surface area contributed by atoms with E-state index in [1.165, 1.54) is 21.7 Å². The molecule has 0 aliphatic carbocycles. The van der Waals surface area contributed by atoms with Crippen LogP contribution in [0.15, 0.2) is 194 Å². The number of hydrogen-bond acceptors (Lipinski definition) is 3. The highest BCUT2D eigenvalue weighted by Gasteiger charge is 2.28. The first kappa shape index (κ1) is 32.2. The van der Waals surface area contributed by atoms with Crippen LogP contribution in [-0.2, 0) is 4.74 Å². The molecular formula is C50H34N4O. The van der Waals surface area contributed by atoms with E-state index in [9.17, 15) is 0 Å². The fourth-order valence-corrected chi connectivity index (χ4v) is 8.15. The van der Waals surface area contributed by atoms with Gasteiger partial charge in [0.05, 0.1) is 22.1 Å². The van der Waals surface area contributed by atoms with Crippen LogP contribution in [0.2, 0.25) is 0 Å². The van der Waals surface area contributed by atoms with Gasteiger partial charge in [-0.2, -0.15) is 0 Å². The van der Waals surface area contributed by atoms with Crippen molar-refractivity contribution in [3.8, 4) is 33.6 Å². The third-order valence-corrected chi connectivity index (χ3v) is 10.5. The zero-order valence-corrected chi connectivity index (χ0v) is 29.8. The normalized spacial score (nSPS) is 11.4. The maximum absolute atomic E-state index is 8.75. The number of aromatic nitrogens is 2. The van der Waals surface area contributed by atoms with E-state index in [1.54, 1.807) is 0 Å². The first-order chi connectivity index (χ1) is 27.2. The number of nitrogens with one attached hydrogen (secondary N) is 2. The maximum Gasteiger partial charge on any atom is 0.221 e. The van der Waals surface area contributed by atoms with Gasteiger partial charge in [0.25, 0.3) is 0 Å². The summed E-state index contributed by atoms with van der Waals surface area (Å²) < 4.78 is 10.5. The van der Waals surface area contributed by atoms with Crippen molar-refractivity contribution in [2.45, 2.75) is 0 Å². The SMILES string of the molecule is N=C(OC(=N)c1ccc(-n2c3ccccc3c3c(-c4ccccc4)c4c(c(-c5ccccc5)c32)c2ccccc2n4-c2ccccc2)cc1)c1ccccc1. The molecule has 10 aromatic rings. The second-order valence-electron chi connectivity index (χ2n) is 13.6. The summed E-state index contributed by atoms with van der Waals surface area (Å²) in [6.07, 6.45) is 0. The Morgan fingerprint density at radius 3 is 1.20 bits per heavy atom. The highest BCUT2D eigenvalue weighted by atomic mass is 16.5. The largest absolute Gasteiger partial charge is 0.421 e. The Kier molecular flexibility index (Phi) is 7.70. The summed E-state index contributed by atoms with van der Waals surface area (Å²) in [6, 6.07) is 66.8. The van der Waals surface area contributed by atoms with Crippen molar-refractivity contribution in [2.24, 2.45) is 0 Å². The Morgan fingerprint density at radius 2 is 0.727 bits per heavy atom. The van der Waals surface area contributed by atoms with Gasteiger partial charge in [-0.25, -0.2) is 0 Å². The molecule has 0 unspecified atom stereocenters. The lowest BCUT2D eigenvalue weighted by atomic mass is 9.90. The molecule has 5 heteroatoms. The van der Waals surface area contributed by atoms with Crippen LogP contribution in [0.3, 0.4) is 0 Å². The van der Waals surface area contributed by atoms with Gasteiger partial charge in [-0.1, -0.05) is 133 Å². The summed E-state index contributed by atoms with van der Waals surface area (Å²) in [5.41, 5.74) is 12.4. The average Bonchev–Trinajstić information content (AvgIpc) is 3.77. The van der Waals surface area contributed by atoms with Gasteiger partial charge >= 0.3 is 0 Å². The van der Waals surface area contributed by atoms with Gasteiger partial charge < -0.3 is 13.9 Å². The number of nitrogens with zero attached hydrogens (tertiary/aromatic N) is 2. The van der Waals surface area contributed by atoms with Crippen molar-refractivity contribution in [1.29, 1.82) is 10.8 Å². The topological polar surface area (TPSA) is 66.8 Å². The predicted octanol–water partition coefficient (Wildman–Crippen LogP) is 12.6. The third-order valence-electron chi connectivity index (χ3n) is 10.5. The molecule has 10 rings (SSSR count). The minimum Gasteiger partial charge on any atom is -0.421 e. The Bertz CT molecular complexity index is 3050. The number of rotatable bonds is 6. The van der Waals surface area contributed by atoms with Crippen molar-refractivity contribution < 1.29 is 4.74 Å². The molecule has 0 saturated carbocycles. The lowest BCUT2D eigenvalue weighted by Crippen LogP contribution is -2.13. The van der Waals surface area contributed by atoms with Crippen LogP contribution in [0.4, 0.5) is 0 Å². The minimum absolute atomic E-state index is 0.0586. The lowest BCUT2D eigenvalue weighted by molar-refractivity contribution is 0.538. The zero-order chi connectivity index (χ0) is 36.9. The molecule has 55 heavy (non-hydrogen) atoms. The van der Waals surface area contributed by atoms with Crippen LogP contribution in [0.25, 0.3) is 77.2 Å². The van der Waals surface area contributed by atoms with Gasteiger partial charge in [0, 0.05) is 55.2 Å². The summed E-state index contributed by atoms with van der Waals surface area (Å²) in [6.45, 7) is 0. The Hall–Kier alpha value is -7.50. The van der Waals surface area contributed by atoms with Crippen LogP contribution in [0, 0.1) is 10.8 Å². The molecule has 5 nitrogen and oxygen atoms in total. The van der Waals surface area contributed by atoms with E-state index >= 15 is 0 Å². The maximum atomic E-state index is 8.75. The van der Waals surface area contributed by atoms with Gasteiger partial charge in [0.15, 0.2) is 0 Å². The van der Waals surface area contributed by atoms with Gasteiger partial charge in [-0.15, -0.1) is 0 Å². The van der Waals surface area contributed by atoms with Crippen LogP contribution < -0.4 is 0 Å². The molecule has 0 amide bonds. The molecule has 8 aromatic carbocycles. The van der Waals surface area contributed by atoms with Crippen LogP contribution >= 0.6 is 0 Å². The van der Waals surface area contributed by atoms with Crippen LogP contribution in [-0.4, -0.2) is 20.9 Å². The molecule has 0 bridgehead atoms. The van der Waals surface area contributed by atoms with E-state index in [1.807, 2.05) is 42.5 Å².